The summed E-state index contributed by atoms with van der Waals surface area (Å²) in [6.45, 7) is 0.912. The van der Waals surface area contributed by atoms with E-state index in [1.807, 2.05) is 11.9 Å². The molecule has 0 spiro atoms. The summed E-state index contributed by atoms with van der Waals surface area (Å²) in [5.41, 5.74) is -2.22. The fraction of sp³-hybridized carbons (Fsp3) is 0.385. The van der Waals surface area contributed by atoms with Gasteiger partial charge in [0.2, 0.25) is 0 Å². The first-order valence-electron chi connectivity index (χ1n) is 12.0. The molecule has 3 aromatic rings. The Morgan fingerprint density at radius 1 is 1.21 bits per heavy atom. The average molecular weight is 569 g/mol. The maximum atomic E-state index is 15.3. The minimum absolute atomic E-state index is 0.000111. The molecule has 3 heterocycles. The number of hydrogen-bond acceptors (Lipinski definition) is 5. The molecule has 0 saturated carbocycles. The van der Waals surface area contributed by atoms with Crippen molar-refractivity contribution in [2.75, 3.05) is 26.7 Å². The molecule has 2 aromatic carbocycles. The Balaban J connectivity index is 1.35. The molecule has 0 bridgehead atoms. The molecule has 0 radical (unpaired) electrons. The zero-order valence-corrected chi connectivity index (χ0v) is 22.0. The first kappa shape index (κ1) is 27.0. The predicted octanol–water partition coefficient (Wildman–Crippen LogP) is 5.38. The fourth-order valence-electron chi connectivity index (χ4n) is 4.78. The van der Waals surface area contributed by atoms with E-state index in [2.05, 4.69) is 5.10 Å². The van der Waals surface area contributed by atoms with Crippen molar-refractivity contribution in [3.63, 3.8) is 0 Å². The molecule has 2 saturated heterocycles. The molecule has 12 heteroatoms. The standard InChI is InChI=1S/C26H25ClF4N4O2S/c1-33-8-6-25(28,7-9-33)15-34-23(36)22(38-24(34)37)11-16-2-5-21-18(10-16)13-32-35(21)14-17-3-4-19(27)12-20(17)26(29,30)31/h2-5,10-13,24,37H,6-9,14-15H2,1H3. The van der Waals surface area contributed by atoms with E-state index in [1.54, 1.807) is 24.3 Å². The molecule has 2 fully saturated rings. The van der Waals surface area contributed by atoms with E-state index in [0.717, 1.165) is 17.8 Å². The highest BCUT2D eigenvalue weighted by atomic mass is 35.5. The first-order valence-corrected chi connectivity index (χ1v) is 13.2. The van der Waals surface area contributed by atoms with Crippen LogP contribution >= 0.6 is 23.4 Å². The summed E-state index contributed by atoms with van der Waals surface area (Å²) < 4.78 is 57.3. The van der Waals surface area contributed by atoms with Crippen molar-refractivity contribution in [3.8, 4) is 0 Å². The Morgan fingerprint density at radius 3 is 2.66 bits per heavy atom. The van der Waals surface area contributed by atoms with E-state index < -0.39 is 28.9 Å². The SMILES string of the molecule is CN1CCC(F)(CN2C(=O)C(=Cc3ccc4c(cnn4Cc4ccc(Cl)cc4C(F)(F)F)c3)SC2O)CC1. The lowest BCUT2D eigenvalue weighted by Gasteiger charge is -2.37. The summed E-state index contributed by atoms with van der Waals surface area (Å²) in [4.78, 5) is 16.5. The highest BCUT2D eigenvalue weighted by Crippen LogP contribution is 2.38. The summed E-state index contributed by atoms with van der Waals surface area (Å²) in [6.07, 6.45) is -0.803. The van der Waals surface area contributed by atoms with Crippen LogP contribution in [0.5, 0.6) is 0 Å². The molecular weight excluding hydrogens is 544 g/mol. The van der Waals surface area contributed by atoms with Crippen molar-refractivity contribution in [2.24, 2.45) is 0 Å². The van der Waals surface area contributed by atoms with E-state index in [9.17, 15) is 23.1 Å². The molecule has 0 aliphatic carbocycles. The van der Waals surface area contributed by atoms with Crippen LogP contribution in [0.4, 0.5) is 17.6 Å². The molecule has 1 atom stereocenters. The average Bonchev–Trinajstić information content (AvgIpc) is 3.37. The number of halogens is 5. The van der Waals surface area contributed by atoms with Gasteiger partial charge in [0.1, 0.15) is 5.67 Å². The van der Waals surface area contributed by atoms with Crippen LogP contribution in [0.25, 0.3) is 17.0 Å². The number of piperidine rings is 1. The minimum Gasteiger partial charge on any atom is -0.364 e. The van der Waals surface area contributed by atoms with Crippen LogP contribution in [0.1, 0.15) is 29.5 Å². The van der Waals surface area contributed by atoms with Crippen molar-refractivity contribution in [1.29, 1.82) is 0 Å². The van der Waals surface area contributed by atoms with Gasteiger partial charge < -0.3 is 14.9 Å². The van der Waals surface area contributed by atoms with Crippen LogP contribution in [-0.4, -0.2) is 68.5 Å². The number of aromatic nitrogens is 2. The van der Waals surface area contributed by atoms with E-state index in [1.165, 1.54) is 27.9 Å². The number of aliphatic hydroxyl groups is 1. The molecule has 1 amide bonds. The summed E-state index contributed by atoms with van der Waals surface area (Å²) in [6, 6.07) is 8.84. The summed E-state index contributed by atoms with van der Waals surface area (Å²) in [5.74, 6) is -0.434. The van der Waals surface area contributed by atoms with Crippen LogP contribution in [-0.2, 0) is 17.5 Å². The Kier molecular flexibility index (Phi) is 7.23. The second kappa shape index (κ2) is 10.2. The zero-order valence-electron chi connectivity index (χ0n) is 20.4. The van der Waals surface area contributed by atoms with Gasteiger partial charge in [0.15, 0.2) is 5.56 Å². The van der Waals surface area contributed by atoms with Gasteiger partial charge in [-0.25, -0.2) is 4.39 Å². The van der Waals surface area contributed by atoms with Crippen LogP contribution in [0.2, 0.25) is 5.02 Å². The van der Waals surface area contributed by atoms with Gasteiger partial charge in [-0.2, -0.15) is 18.3 Å². The third kappa shape index (κ3) is 5.56. The van der Waals surface area contributed by atoms with Gasteiger partial charge in [0.05, 0.1) is 35.3 Å². The highest BCUT2D eigenvalue weighted by molar-refractivity contribution is 8.05. The quantitative estimate of drug-likeness (QED) is 0.331. The normalized spacial score (nSPS) is 21.7. The monoisotopic (exact) mass is 568 g/mol. The number of fused-ring (bicyclic) bond motifs is 1. The number of thioether (sulfide) groups is 1. The fourth-order valence-corrected chi connectivity index (χ4v) is 5.90. The van der Waals surface area contributed by atoms with Gasteiger partial charge in [0, 0.05) is 23.5 Å². The molecule has 5 rings (SSSR count). The first-order chi connectivity index (χ1) is 17.9. The van der Waals surface area contributed by atoms with Crippen molar-refractivity contribution in [2.45, 2.75) is 36.8 Å². The molecular formula is C26H25ClF4N4O2S. The van der Waals surface area contributed by atoms with Crippen molar-refractivity contribution in [1.82, 2.24) is 19.6 Å². The van der Waals surface area contributed by atoms with E-state index in [-0.39, 0.29) is 28.6 Å². The van der Waals surface area contributed by atoms with Crippen LogP contribution in [0.15, 0.2) is 47.5 Å². The molecule has 2 aliphatic heterocycles. The summed E-state index contributed by atoms with van der Waals surface area (Å²) in [7, 11) is 1.92. The van der Waals surface area contributed by atoms with E-state index in [4.69, 9.17) is 11.6 Å². The molecule has 38 heavy (non-hydrogen) atoms. The number of likely N-dealkylation sites (tertiary alicyclic amines) is 1. The second-order valence-electron chi connectivity index (χ2n) is 9.76. The molecule has 2 aliphatic rings. The highest BCUT2D eigenvalue weighted by Gasteiger charge is 2.43. The lowest BCUT2D eigenvalue weighted by molar-refractivity contribution is -0.138. The number of hydrogen-bond donors (Lipinski definition) is 1. The Labute approximate surface area is 225 Å². The lowest BCUT2D eigenvalue weighted by atomic mass is 9.93. The van der Waals surface area contributed by atoms with Crippen molar-refractivity contribution in [3.05, 3.63) is 69.2 Å². The second-order valence-corrected chi connectivity index (χ2v) is 11.3. The molecule has 202 valence electrons. The number of rotatable bonds is 5. The van der Waals surface area contributed by atoms with Gasteiger partial charge >= 0.3 is 6.18 Å². The van der Waals surface area contributed by atoms with Crippen LogP contribution in [0.3, 0.4) is 0 Å². The molecule has 1 aromatic heterocycles. The third-order valence-electron chi connectivity index (χ3n) is 6.97. The number of nitrogens with zero attached hydrogens (tertiary/aromatic N) is 4. The third-order valence-corrected chi connectivity index (χ3v) is 8.22. The Hall–Kier alpha value is -2.60. The number of carbonyl (C=O) groups is 1. The largest absolute Gasteiger partial charge is 0.416 e. The Morgan fingerprint density at radius 2 is 1.95 bits per heavy atom. The van der Waals surface area contributed by atoms with Crippen LogP contribution < -0.4 is 0 Å². The van der Waals surface area contributed by atoms with Gasteiger partial charge in [-0.15, -0.1) is 0 Å². The topological polar surface area (TPSA) is 61.6 Å². The van der Waals surface area contributed by atoms with E-state index in [0.29, 0.717) is 42.4 Å². The molecule has 6 nitrogen and oxygen atoms in total. The van der Waals surface area contributed by atoms with Gasteiger partial charge in [0.25, 0.3) is 5.91 Å². The summed E-state index contributed by atoms with van der Waals surface area (Å²) >= 11 is 6.74. The maximum absolute atomic E-state index is 15.3. The van der Waals surface area contributed by atoms with E-state index >= 15 is 4.39 Å². The van der Waals surface area contributed by atoms with Crippen molar-refractivity contribution >= 4 is 46.2 Å². The van der Waals surface area contributed by atoms with Crippen LogP contribution in [0, 0.1) is 0 Å². The maximum Gasteiger partial charge on any atom is 0.416 e. The minimum atomic E-state index is -4.55. The van der Waals surface area contributed by atoms with Gasteiger partial charge in [-0.1, -0.05) is 35.5 Å². The number of carbonyl (C=O) groups excluding carboxylic acids is 1. The predicted molar refractivity (Wildman–Crippen MR) is 139 cm³/mol. The smallest absolute Gasteiger partial charge is 0.364 e. The van der Waals surface area contributed by atoms with Gasteiger partial charge in [-0.05, 0) is 61.4 Å². The molecule has 1 N–H and O–H groups in total. The number of aliphatic hydroxyl groups excluding tert-OH is 1. The number of alkyl halides is 4. The van der Waals surface area contributed by atoms with Crippen molar-refractivity contribution < 1.29 is 27.5 Å². The molecule has 1 unspecified atom stereocenters. The lowest BCUT2D eigenvalue weighted by Crippen LogP contribution is -2.49. The number of benzene rings is 2. The van der Waals surface area contributed by atoms with Gasteiger partial charge in [-0.3, -0.25) is 9.48 Å². The Bertz CT molecular complexity index is 1400. The zero-order chi connectivity index (χ0) is 27.2. The number of amides is 1. The summed E-state index contributed by atoms with van der Waals surface area (Å²) in [5, 5.41) is 15.4.